The smallest absolute Gasteiger partial charge is 0.222 e. The van der Waals surface area contributed by atoms with Crippen molar-refractivity contribution in [2.24, 2.45) is 0 Å². The highest BCUT2D eigenvalue weighted by atomic mass is 16.2. The largest absolute Gasteiger partial charge is 0.363 e. The van der Waals surface area contributed by atoms with Gasteiger partial charge in [0, 0.05) is 26.1 Å². The standard InChI is InChI=1S/C21H25N5O/c1-3-17-18(12-22)21(25-24-19(17)4-2)23-13-15-7-9-16(10-8-15)14-26-11-5-6-20(26)27/h7-10H,3-6,11,13-14H2,1-2H3,(H,23,25). The number of hydrogen-bond acceptors (Lipinski definition) is 5. The van der Waals surface area contributed by atoms with Crippen LogP contribution < -0.4 is 5.32 Å². The number of likely N-dealkylation sites (tertiary alicyclic amines) is 1. The topological polar surface area (TPSA) is 81.9 Å². The first kappa shape index (κ1) is 18.8. The van der Waals surface area contributed by atoms with Crippen molar-refractivity contribution in [2.75, 3.05) is 11.9 Å². The third-order valence-corrected chi connectivity index (χ3v) is 4.99. The van der Waals surface area contributed by atoms with E-state index in [0.717, 1.165) is 48.2 Å². The van der Waals surface area contributed by atoms with Gasteiger partial charge in [-0.1, -0.05) is 38.1 Å². The molecule has 0 atom stereocenters. The van der Waals surface area contributed by atoms with E-state index >= 15 is 0 Å². The highest BCUT2D eigenvalue weighted by Crippen LogP contribution is 2.21. The summed E-state index contributed by atoms with van der Waals surface area (Å²) in [7, 11) is 0. The second kappa shape index (κ2) is 8.63. The Morgan fingerprint density at radius 1 is 1.15 bits per heavy atom. The molecule has 6 nitrogen and oxygen atoms in total. The summed E-state index contributed by atoms with van der Waals surface area (Å²) in [5.74, 6) is 0.781. The molecule has 0 spiro atoms. The molecule has 27 heavy (non-hydrogen) atoms. The van der Waals surface area contributed by atoms with Crippen molar-refractivity contribution in [3.05, 3.63) is 52.2 Å². The summed E-state index contributed by atoms with van der Waals surface area (Å²) in [6, 6.07) is 10.5. The lowest BCUT2D eigenvalue weighted by atomic mass is 10.0. The number of nitriles is 1. The predicted molar refractivity (Wildman–Crippen MR) is 104 cm³/mol. The van der Waals surface area contributed by atoms with Gasteiger partial charge in [-0.2, -0.15) is 10.4 Å². The minimum absolute atomic E-state index is 0.241. The second-order valence-corrected chi connectivity index (χ2v) is 6.76. The summed E-state index contributed by atoms with van der Waals surface area (Å²) in [6.45, 7) is 6.15. The Balaban J connectivity index is 1.66. The third kappa shape index (κ3) is 4.25. The van der Waals surface area contributed by atoms with Crippen molar-refractivity contribution in [3.63, 3.8) is 0 Å². The molecule has 1 aliphatic rings. The van der Waals surface area contributed by atoms with Crippen LogP contribution in [-0.4, -0.2) is 27.5 Å². The molecule has 1 saturated heterocycles. The van der Waals surface area contributed by atoms with Gasteiger partial charge in [-0.3, -0.25) is 4.79 Å². The van der Waals surface area contributed by atoms with E-state index in [2.05, 4.69) is 33.7 Å². The lowest BCUT2D eigenvalue weighted by molar-refractivity contribution is -0.128. The number of hydrogen-bond donors (Lipinski definition) is 1. The van der Waals surface area contributed by atoms with Crippen LogP contribution in [0.25, 0.3) is 0 Å². The quantitative estimate of drug-likeness (QED) is 0.817. The molecule has 3 rings (SSSR count). The highest BCUT2D eigenvalue weighted by Gasteiger charge is 2.19. The number of benzene rings is 1. The number of carbonyl (C=O) groups excluding carboxylic acids is 1. The van der Waals surface area contributed by atoms with Crippen LogP contribution in [0.1, 0.15) is 54.6 Å². The number of nitrogens with zero attached hydrogens (tertiary/aromatic N) is 4. The van der Waals surface area contributed by atoms with Gasteiger partial charge in [0.1, 0.15) is 11.6 Å². The summed E-state index contributed by atoms with van der Waals surface area (Å²) in [5, 5.41) is 21.3. The molecule has 1 fully saturated rings. The molecule has 0 radical (unpaired) electrons. The molecular formula is C21H25N5O. The van der Waals surface area contributed by atoms with Crippen molar-refractivity contribution >= 4 is 11.7 Å². The van der Waals surface area contributed by atoms with Gasteiger partial charge in [0.05, 0.1) is 5.69 Å². The summed E-state index contributed by atoms with van der Waals surface area (Å²) >= 11 is 0. The van der Waals surface area contributed by atoms with Gasteiger partial charge < -0.3 is 10.2 Å². The zero-order valence-corrected chi connectivity index (χ0v) is 16.0. The number of amides is 1. The van der Waals surface area contributed by atoms with E-state index in [-0.39, 0.29) is 5.91 Å². The minimum atomic E-state index is 0.241. The monoisotopic (exact) mass is 363 g/mol. The fraction of sp³-hybridized carbons (Fsp3) is 0.429. The number of nitrogens with one attached hydrogen (secondary N) is 1. The van der Waals surface area contributed by atoms with Crippen molar-refractivity contribution in [3.8, 4) is 6.07 Å². The van der Waals surface area contributed by atoms with Gasteiger partial charge in [-0.15, -0.1) is 5.10 Å². The van der Waals surface area contributed by atoms with E-state index in [1.165, 1.54) is 0 Å². The lowest BCUT2D eigenvalue weighted by Gasteiger charge is -2.16. The van der Waals surface area contributed by atoms with Crippen molar-refractivity contribution < 1.29 is 4.79 Å². The second-order valence-electron chi connectivity index (χ2n) is 6.76. The van der Waals surface area contributed by atoms with Gasteiger partial charge in [0.2, 0.25) is 5.91 Å². The van der Waals surface area contributed by atoms with Crippen LogP contribution in [0, 0.1) is 11.3 Å². The van der Waals surface area contributed by atoms with Crippen molar-refractivity contribution in [2.45, 2.75) is 52.6 Å². The molecule has 2 aromatic rings. The van der Waals surface area contributed by atoms with Crippen molar-refractivity contribution in [1.29, 1.82) is 5.26 Å². The van der Waals surface area contributed by atoms with Crippen LogP contribution >= 0.6 is 0 Å². The van der Waals surface area contributed by atoms with E-state index < -0.39 is 0 Å². The first-order chi connectivity index (χ1) is 13.2. The molecule has 0 saturated carbocycles. The molecule has 1 aliphatic heterocycles. The number of anilines is 1. The van der Waals surface area contributed by atoms with Crippen LogP contribution in [0.15, 0.2) is 24.3 Å². The number of carbonyl (C=O) groups is 1. The molecule has 0 aliphatic carbocycles. The Kier molecular flexibility index (Phi) is 6.02. The Labute approximate surface area is 160 Å². The maximum atomic E-state index is 11.7. The molecule has 1 N–H and O–H groups in total. The van der Waals surface area contributed by atoms with E-state index in [1.807, 2.05) is 30.9 Å². The summed E-state index contributed by atoms with van der Waals surface area (Å²) in [5.41, 5.74) is 4.68. The number of aromatic nitrogens is 2. The Hall–Kier alpha value is -2.94. The Bertz CT molecular complexity index is 854. The fourth-order valence-corrected chi connectivity index (χ4v) is 3.46. The molecule has 0 bridgehead atoms. The maximum absolute atomic E-state index is 11.7. The first-order valence-corrected chi connectivity index (χ1v) is 9.54. The van der Waals surface area contributed by atoms with Crippen LogP contribution in [-0.2, 0) is 30.7 Å². The van der Waals surface area contributed by atoms with E-state index in [1.54, 1.807) is 0 Å². The Morgan fingerprint density at radius 2 is 1.89 bits per heavy atom. The first-order valence-electron chi connectivity index (χ1n) is 9.54. The van der Waals surface area contributed by atoms with E-state index in [9.17, 15) is 10.1 Å². The third-order valence-electron chi connectivity index (χ3n) is 4.99. The number of rotatable bonds is 7. The SMILES string of the molecule is CCc1nnc(NCc2ccc(CN3CCCC3=O)cc2)c(C#N)c1CC. The molecule has 1 aromatic heterocycles. The summed E-state index contributed by atoms with van der Waals surface area (Å²) in [6.07, 6.45) is 3.16. The average Bonchev–Trinajstić information content (AvgIpc) is 3.10. The molecule has 0 unspecified atom stereocenters. The molecular weight excluding hydrogens is 338 g/mol. The average molecular weight is 363 g/mol. The van der Waals surface area contributed by atoms with Gasteiger partial charge in [0.15, 0.2) is 5.82 Å². The summed E-state index contributed by atoms with van der Waals surface area (Å²) < 4.78 is 0. The molecule has 1 amide bonds. The van der Waals surface area contributed by atoms with Crippen LogP contribution in [0.2, 0.25) is 0 Å². The van der Waals surface area contributed by atoms with E-state index in [4.69, 9.17) is 0 Å². The zero-order chi connectivity index (χ0) is 19.2. The summed E-state index contributed by atoms with van der Waals surface area (Å²) in [4.78, 5) is 13.6. The van der Waals surface area contributed by atoms with Crippen LogP contribution in [0.5, 0.6) is 0 Å². The predicted octanol–water partition coefficient (Wildman–Crippen LogP) is 3.21. The van der Waals surface area contributed by atoms with Crippen molar-refractivity contribution in [1.82, 2.24) is 15.1 Å². The van der Waals surface area contributed by atoms with Gasteiger partial charge in [-0.25, -0.2) is 0 Å². The molecule has 1 aromatic carbocycles. The Morgan fingerprint density at radius 3 is 2.48 bits per heavy atom. The van der Waals surface area contributed by atoms with E-state index in [0.29, 0.717) is 30.9 Å². The van der Waals surface area contributed by atoms with Crippen LogP contribution in [0.4, 0.5) is 5.82 Å². The number of aryl methyl sites for hydroxylation is 1. The molecule has 2 heterocycles. The fourth-order valence-electron chi connectivity index (χ4n) is 3.46. The molecule has 140 valence electrons. The lowest BCUT2D eigenvalue weighted by Crippen LogP contribution is -2.23. The highest BCUT2D eigenvalue weighted by molar-refractivity contribution is 5.78. The normalized spacial score (nSPS) is 13.7. The van der Waals surface area contributed by atoms with Gasteiger partial charge in [0.25, 0.3) is 0 Å². The maximum Gasteiger partial charge on any atom is 0.222 e. The molecule has 6 heteroatoms. The van der Waals surface area contributed by atoms with Crippen LogP contribution in [0.3, 0.4) is 0 Å². The zero-order valence-electron chi connectivity index (χ0n) is 16.0. The van der Waals surface area contributed by atoms with Gasteiger partial charge >= 0.3 is 0 Å². The van der Waals surface area contributed by atoms with Gasteiger partial charge in [-0.05, 0) is 36.0 Å². The minimum Gasteiger partial charge on any atom is -0.363 e.